The van der Waals surface area contributed by atoms with Crippen molar-refractivity contribution in [3.8, 4) is 0 Å². The van der Waals surface area contributed by atoms with Crippen molar-refractivity contribution in [3.63, 3.8) is 0 Å². The van der Waals surface area contributed by atoms with Crippen LogP contribution in [-0.2, 0) is 9.59 Å². The monoisotopic (exact) mass is 409 g/mol. The number of nitrogens with one attached hydrogen (secondary N) is 1. The first-order chi connectivity index (χ1) is 14.4. The maximum atomic E-state index is 13.0. The molecule has 4 heterocycles. The Balaban J connectivity index is 1.40. The molecular formula is C19H19N7O4. The van der Waals surface area contributed by atoms with Gasteiger partial charge in [0.05, 0.1) is 23.4 Å². The number of fused-ring (bicyclic) bond motifs is 1. The number of aromatic nitrogens is 3. The van der Waals surface area contributed by atoms with Gasteiger partial charge in [-0.1, -0.05) is 5.21 Å². The third kappa shape index (κ3) is 2.77. The molecule has 2 saturated heterocycles. The molecule has 1 aromatic carbocycles. The number of carbonyl (C=O) groups excluding carboxylic acids is 4. The van der Waals surface area contributed by atoms with Crippen molar-refractivity contribution in [2.45, 2.75) is 31.0 Å². The van der Waals surface area contributed by atoms with Crippen LogP contribution in [0.25, 0.3) is 0 Å². The first-order valence-corrected chi connectivity index (χ1v) is 9.66. The Bertz CT molecular complexity index is 1070. The van der Waals surface area contributed by atoms with Crippen LogP contribution in [-0.4, -0.2) is 68.7 Å². The number of piperidine rings is 1. The van der Waals surface area contributed by atoms with Crippen LogP contribution in [0.15, 0.2) is 30.6 Å². The van der Waals surface area contributed by atoms with Crippen LogP contribution in [0.2, 0.25) is 0 Å². The zero-order valence-corrected chi connectivity index (χ0v) is 15.9. The number of amides is 4. The van der Waals surface area contributed by atoms with Crippen LogP contribution in [0.1, 0.15) is 39.6 Å². The Kier molecular flexibility index (Phi) is 4.13. The topological polar surface area (TPSA) is 144 Å². The zero-order chi connectivity index (χ0) is 21.0. The summed E-state index contributed by atoms with van der Waals surface area (Å²) in [6.07, 6.45) is 3.57. The Morgan fingerprint density at radius 1 is 1.07 bits per heavy atom. The van der Waals surface area contributed by atoms with Gasteiger partial charge in [-0.05, 0) is 24.6 Å². The highest BCUT2D eigenvalue weighted by molar-refractivity contribution is 6.23. The quantitative estimate of drug-likeness (QED) is 0.619. The Morgan fingerprint density at radius 3 is 2.60 bits per heavy atom. The van der Waals surface area contributed by atoms with Gasteiger partial charge in [0, 0.05) is 37.4 Å². The van der Waals surface area contributed by atoms with Crippen LogP contribution < -0.4 is 16.0 Å². The van der Waals surface area contributed by atoms with E-state index in [4.69, 9.17) is 5.73 Å². The maximum absolute atomic E-state index is 13.0. The van der Waals surface area contributed by atoms with E-state index in [0.717, 1.165) is 10.6 Å². The fourth-order valence-electron chi connectivity index (χ4n) is 4.35. The van der Waals surface area contributed by atoms with Gasteiger partial charge in [-0.15, -0.1) is 5.10 Å². The molecule has 11 nitrogen and oxygen atoms in total. The number of carbonyl (C=O) groups is 4. The van der Waals surface area contributed by atoms with Crippen LogP contribution in [0.3, 0.4) is 0 Å². The molecular weight excluding hydrogens is 390 g/mol. The lowest BCUT2D eigenvalue weighted by Gasteiger charge is -2.27. The van der Waals surface area contributed by atoms with Crippen LogP contribution in [0.5, 0.6) is 0 Å². The molecule has 0 aliphatic carbocycles. The van der Waals surface area contributed by atoms with Crippen molar-refractivity contribution in [2.75, 3.05) is 18.0 Å². The summed E-state index contributed by atoms with van der Waals surface area (Å²) in [4.78, 5) is 52.4. The second-order valence-electron chi connectivity index (χ2n) is 7.70. The summed E-state index contributed by atoms with van der Waals surface area (Å²) in [7, 11) is 0. The van der Waals surface area contributed by atoms with E-state index in [1.807, 2.05) is 4.90 Å². The number of nitrogens with two attached hydrogens (primary N) is 1. The summed E-state index contributed by atoms with van der Waals surface area (Å²) in [5, 5.41) is 10.0. The van der Waals surface area contributed by atoms with E-state index in [1.165, 1.54) is 0 Å². The molecule has 30 heavy (non-hydrogen) atoms. The first-order valence-electron chi connectivity index (χ1n) is 9.66. The van der Waals surface area contributed by atoms with Crippen LogP contribution in [0, 0.1) is 0 Å². The van der Waals surface area contributed by atoms with Gasteiger partial charge >= 0.3 is 0 Å². The van der Waals surface area contributed by atoms with Gasteiger partial charge in [-0.25, -0.2) is 4.68 Å². The lowest BCUT2D eigenvalue weighted by atomic mass is 10.0. The van der Waals surface area contributed by atoms with Crippen LogP contribution in [0.4, 0.5) is 5.69 Å². The third-order valence-electron chi connectivity index (χ3n) is 5.90. The minimum absolute atomic E-state index is 0.0574. The van der Waals surface area contributed by atoms with Gasteiger partial charge in [0.25, 0.3) is 11.8 Å². The van der Waals surface area contributed by atoms with E-state index in [-0.39, 0.29) is 36.1 Å². The molecule has 2 aromatic rings. The van der Waals surface area contributed by atoms with Crippen molar-refractivity contribution in [1.29, 1.82) is 0 Å². The van der Waals surface area contributed by atoms with E-state index in [0.29, 0.717) is 13.1 Å². The SMILES string of the molecule is N[C@@H]1CN(c2ccc3c(c2)C(=O)N(C2CCC(=O)NC2=O)C3=O)C[C@@H]1n1ccnn1. The van der Waals surface area contributed by atoms with Gasteiger partial charge in [-0.3, -0.25) is 29.4 Å². The van der Waals surface area contributed by atoms with E-state index in [1.54, 1.807) is 35.3 Å². The molecule has 3 atom stereocenters. The van der Waals surface area contributed by atoms with Crippen molar-refractivity contribution in [2.24, 2.45) is 5.73 Å². The largest absolute Gasteiger partial charge is 0.368 e. The van der Waals surface area contributed by atoms with Gasteiger partial charge in [0.2, 0.25) is 11.8 Å². The standard InChI is InChI=1S/C19H19N7O4/c20-13-8-24(9-15(13)25-6-5-21-23-25)10-1-2-11-12(7-10)19(30)26(18(11)29)14-3-4-16(27)22-17(14)28/h1-2,5-7,13-15H,3-4,8-9,20H2,(H,22,27,28)/t13-,14?,15+/m1/s1. The summed E-state index contributed by atoms with van der Waals surface area (Å²) in [5.41, 5.74) is 7.54. The highest BCUT2D eigenvalue weighted by atomic mass is 16.2. The molecule has 0 bridgehead atoms. The minimum Gasteiger partial charge on any atom is -0.368 e. The molecule has 5 rings (SSSR count). The molecule has 3 aliphatic heterocycles. The van der Waals surface area contributed by atoms with Gasteiger partial charge in [0.15, 0.2) is 0 Å². The minimum atomic E-state index is -0.976. The number of nitrogens with zero attached hydrogens (tertiary/aromatic N) is 5. The Labute approximate surface area is 170 Å². The summed E-state index contributed by atoms with van der Waals surface area (Å²) in [5.74, 6) is -2.07. The van der Waals surface area contributed by atoms with Crippen LogP contribution >= 0.6 is 0 Å². The highest BCUT2D eigenvalue weighted by Crippen LogP contribution is 2.33. The second kappa shape index (κ2) is 6.73. The van der Waals surface area contributed by atoms with Gasteiger partial charge < -0.3 is 10.6 Å². The van der Waals surface area contributed by atoms with E-state index in [9.17, 15) is 19.2 Å². The first kappa shape index (κ1) is 18.4. The maximum Gasteiger partial charge on any atom is 0.262 e. The van der Waals surface area contributed by atoms with E-state index >= 15 is 0 Å². The summed E-state index contributed by atoms with van der Waals surface area (Å²) >= 11 is 0. The number of anilines is 1. The smallest absolute Gasteiger partial charge is 0.262 e. The molecule has 0 radical (unpaired) electrons. The number of hydrogen-bond donors (Lipinski definition) is 2. The van der Waals surface area contributed by atoms with Gasteiger partial charge in [0.1, 0.15) is 6.04 Å². The number of imide groups is 2. The molecule has 1 unspecified atom stereocenters. The molecule has 0 saturated carbocycles. The van der Waals surface area contributed by atoms with Crippen molar-refractivity contribution in [3.05, 3.63) is 41.7 Å². The van der Waals surface area contributed by atoms with E-state index < -0.39 is 29.7 Å². The van der Waals surface area contributed by atoms with E-state index in [2.05, 4.69) is 15.6 Å². The fourth-order valence-corrected chi connectivity index (χ4v) is 4.35. The normalized spacial score (nSPS) is 26.4. The number of benzene rings is 1. The predicted molar refractivity (Wildman–Crippen MR) is 102 cm³/mol. The average Bonchev–Trinajstić information content (AvgIpc) is 3.43. The van der Waals surface area contributed by atoms with Crippen molar-refractivity contribution in [1.82, 2.24) is 25.2 Å². The summed E-state index contributed by atoms with van der Waals surface area (Å²) in [6, 6.07) is 3.84. The van der Waals surface area contributed by atoms with Gasteiger partial charge in [-0.2, -0.15) is 0 Å². The third-order valence-corrected chi connectivity index (χ3v) is 5.90. The molecule has 3 aliphatic rings. The molecule has 11 heteroatoms. The summed E-state index contributed by atoms with van der Waals surface area (Å²) in [6.45, 7) is 1.14. The Morgan fingerprint density at radius 2 is 1.87 bits per heavy atom. The molecule has 154 valence electrons. The lowest BCUT2D eigenvalue weighted by molar-refractivity contribution is -0.136. The molecule has 2 fully saturated rings. The van der Waals surface area contributed by atoms with Crippen molar-refractivity contribution >= 4 is 29.3 Å². The lowest BCUT2D eigenvalue weighted by Crippen LogP contribution is -2.54. The average molecular weight is 409 g/mol. The number of rotatable bonds is 3. The van der Waals surface area contributed by atoms with Crippen molar-refractivity contribution < 1.29 is 19.2 Å². The highest BCUT2D eigenvalue weighted by Gasteiger charge is 2.45. The zero-order valence-electron chi connectivity index (χ0n) is 15.9. The second-order valence-corrected chi connectivity index (χ2v) is 7.70. The summed E-state index contributed by atoms with van der Waals surface area (Å²) < 4.78 is 1.72. The molecule has 4 amide bonds. The molecule has 0 spiro atoms. The molecule has 3 N–H and O–H groups in total. The predicted octanol–water partition coefficient (Wildman–Crippen LogP) is -0.932. The Hall–Kier alpha value is -3.60. The molecule has 1 aromatic heterocycles. The fraction of sp³-hybridized carbons (Fsp3) is 0.368. The number of hydrogen-bond acceptors (Lipinski definition) is 8.